The monoisotopic (exact) mass is 438 g/mol. The summed E-state index contributed by atoms with van der Waals surface area (Å²) in [6.07, 6.45) is 4.88. The van der Waals surface area contributed by atoms with Gasteiger partial charge in [0.05, 0.1) is 5.69 Å². The molecule has 4 aromatic heterocycles. The van der Waals surface area contributed by atoms with E-state index in [0.29, 0.717) is 34.0 Å². The Bertz CT molecular complexity index is 1510. The number of imidazole rings is 1. The van der Waals surface area contributed by atoms with Crippen LogP contribution in [0.25, 0.3) is 28.2 Å². The van der Waals surface area contributed by atoms with Gasteiger partial charge in [-0.15, -0.1) is 0 Å². The molecule has 7 nitrogen and oxygen atoms in total. The number of aryl methyl sites for hydroxylation is 2. The van der Waals surface area contributed by atoms with Crippen LogP contribution in [0.15, 0.2) is 73.2 Å². The summed E-state index contributed by atoms with van der Waals surface area (Å²) < 4.78 is 15.6. The highest BCUT2D eigenvalue weighted by atomic mass is 19.1. The van der Waals surface area contributed by atoms with Gasteiger partial charge in [-0.3, -0.25) is 9.78 Å². The first-order valence-corrected chi connectivity index (χ1v) is 10.3. The van der Waals surface area contributed by atoms with Gasteiger partial charge in [0.1, 0.15) is 17.3 Å². The summed E-state index contributed by atoms with van der Waals surface area (Å²) >= 11 is 0. The fourth-order valence-electron chi connectivity index (χ4n) is 3.66. The van der Waals surface area contributed by atoms with E-state index in [4.69, 9.17) is 4.98 Å². The predicted octanol–water partition coefficient (Wildman–Crippen LogP) is 4.86. The van der Waals surface area contributed by atoms with Crippen molar-refractivity contribution < 1.29 is 9.18 Å². The molecule has 33 heavy (non-hydrogen) atoms. The lowest BCUT2D eigenvalue weighted by Crippen LogP contribution is -2.13. The van der Waals surface area contributed by atoms with Crippen LogP contribution >= 0.6 is 0 Å². The molecular formula is C25H19FN6O. The highest BCUT2D eigenvalue weighted by molar-refractivity contribution is 6.04. The number of fused-ring (bicyclic) bond motifs is 1. The molecule has 0 spiro atoms. The summed E-state index contributed by atoms with van der Waals surface area (Å²) in [5, 5.41) is 7.29. The van der Waals surface area contributed by atoms with Crippen LogP contribution in [0.5, 0.6) is 0 Å². The number of aromatic nitrogens is 5. The SMILES string of the molecule is Cc1cc(C(=O)Nc2cc(-c3c(-c4ccc(F)c(C)c4)nc4cccnn34)ccn2)ccn1. The van der Waals surface area contributed by atoms with E-state index >= 15 is 0 Å². The van der Waals surface area contributed by atoms with Crippen LogP contribution < -0.4 is 5.32 Å². The number of hydrogen-bond donors (Lipinski definition) is 1. The number of carbonyl (C=O) groups excluding carboxylic acids is 1. The predicted molar refractivity (Wildman–Crippen MR) is 123 cm³/mol. The largest absolute Gasteiger partial charge is 0.307 e. The van der Waals surface area contributed by atoms with Crippen molar-refractivity contribution in [1.82, 2.24) is 24.6 Å². The highest BCUT2D eigenvalue weighted by Crippen LogP contribution is 2.33. The lowest BCUT2D eigenvalue weighted by molar-refractivity contribution is 0.102. The summed E-state index contributed by atoms with van der Waals surface area (Å²) in [4.78, 5) is 25.8. The zero-order valence-corrected chi connectivity index (χ0v) is 18.0. The molecule has 0 saturated carbocycles. The molecule has 0 radical (unpaired) electrons. The molecule has 0 bridgehead atoms. The zero-order chi connectivity index (χ0) is 22.9. The van der Waals surface area contributed by atoms with Gasteiger partial charge in [-0.2, -0.15) is 5.10 Å². The maximum atomic E-state index is 13.9. The smallest absolute Gasteiger partial charge is 0.256 e. The number of nitrogens with one attached hydrogen (secondary N) is 1. The van der Waals surface area contributed by atoms with E-state index in [2.05, 4.69) is 20.4 Å². The van der Waals surface area contributed by atoms with E-state index in [0.717, 1.165) is 16.8 Å². The van der Waals surface area contributed by atoms with Gasteiger partial charge in [-0.05, 0) is 74.0 Å². The van der Waals surface area contributed by atoms with Gasteiger partial charge in [-0.25, -0.2) is 18.9 Å². The fourth-order valence-corrected chi connectivity index (χ4v) is 3.66. The van der Waals surface area contributed by atoms with Crippen LogP contribution in [-0.4, -0.2) is 30.5 Å². The topological polar surface area (TPSA) is 85.1 Å². The second-order valence-corrected chi connectivity index (χ2v) is 7.64. The average molecular weight is 438 g/mol. The number of benzene rings is 1. The normalized spacial score (nSPS) is 11.0. The minimum atomic E-state index is -0.282. The van der Waals surface area contributed by atoms with Crippen molar-refractivity contribution in [3.05, 3.63) is 95.8 Å². The molecule has 0 unspecified atom stereocenters. The minimum absolute atomic E-state index is 0.276. The fraction of sp³-hybridized carbons (Fsp3) is 0.0800. The maximum Gasteiger partial charge on any atom is 0.256 e. The first kappa shape index (κ1) is 20.4. The van der Waals surface area contributed by atoms with Gasteiger partial charge in [0, 0.05) is 41.0 Å². The number of nitrogens with zero attached hydrogens (tertiary/aromatic N) is 5. The molecule has 1 aromatic carbocycles. The molecule has 1 amide bonds. The molecule has 0 atom stereocenters. The lowest BCUT2D eigenvalue weighted by Gasteiger charge is -2.09. The first-order chi connectivity index (χ1) is 16.0. The maximum absolute atomic E-state index is 13.9. The molecule has 1 N–H and O–H groups in total. The lowest BCUT2D eigenvalue weighted by atomic mass is 10.0. The number of pyridine rings is 2. The second kappa shape index (κ2) is 8.23. The van der Waals surface area contributed by atoms with Crippen LogP contribution in [0.3, 0.4) is 0 Å². The summed E-state index contributed by atoms with van der Waals surface area (Å²) in [5.41, 5.74) is 5.32. The first-order valence-electron chi connectivity index (χ1n) is 10.3. The third kappa shape index (κ3) is 3.94. The highest BCUT2D eigenvalue weighted by Gasteiger charge is 2.18. The third-order valence-corrected chi connectivity index (χ3v) is 5.26. The molecule has 0 saturated heterocycles. The van der Waals surface area contributed by atoms with E-state index in [9.17, 15) is 9.18 Å². The van der Waals surface area contributed by atoms with Gasteiger partial charge in [0.15, 0.2) is 5.65 Å². The van der Waals surface area contributed by atoms with Crippen LogP contribution in [0, 0.1) is 19.7 Å². The number of carbonyl (C=O) groups is 1. The standard InChI is InChI=1S/C25H19FN6O/c1-15-12-17(5-6-20(15)26)23-24(32-22(31-23)4-3-9-29-32)18-7-11-28-21(14-18)30-25(33)19-8-10-27-16(2)13-19/h3-14H,1-2H3,(H,28,30,33). The van der Waals surface area contributed by atoms with Crippen molar-refractivity contribution in [2.24, 2.45) is 0 Å². The van der Waals surface area contributed by atoms with Crippen LogP contribution in [0.4, 0.5) is 10.2 Å². The molecule has 162 valence electrons. The summed E-state index contributed by atoms with van der Waals surface area (Å²) in [5.74, 6) is -0.169. The van der Waals surface area contributed by atoms with Crippen molar-refractivity contribution in [3.8, 4) is 22.5 Å². The minimum Gasteiger partial charge on any atom is -0.307 e. The number of rotatable bonds is 4. The van der Waals surface area contributed by atoms with Crippen molar-refractivity contribution in [3.63, 3.8) is 0 Å². The quantitative estimate of drug-likeness (QED) is 0.433. The molecule has 5 aromatic rings. The van der Waals surface area contributed by atoms with Gasteiger partial charge in [0.25, 0.3) is 5.91 Å². The number of anilines is 1. The van der Waals surface area contributed by atoms with Crippen LogP contribution in [0.2, 0.25) is 0 Å². The Balaban J connectivity index is 1.59. The molecule has 5 rings (SSSR count). The van der Waals surface area contributed by atoms with Crippen molar-refractivity contribution in [2.75, 3.05) is 5.32 Å². The Morgan fingerprint density at radius 3 is 2.61 bits per heavy atom. The van der Waals surface area contributed by atoms with Gasteiger partial charge < -0.3 is 5.32 Å². The molecule has 8 heteroatoms. The molecule has 4 heterocycles. The summed E-state index contributed by atoms with van der Waals surface area (Å²) in [6, 6.07) is 15.5. The molecule has 0 fully saturated rings. The van der Waals surface area contributed by atoms with Gasteiger partial charge >= 0.3 is 0 Å². The molecular weight excluding hydrogens is 419 g/mol. The second-order valence-electron chi connectivity index (χ2n) is 7.64. The number of halogens is 1. The Labute approximate surface area is 189 Å². The summed E-state index contributed by atoms with van der Waals surface area (Å²) in [6.45, 7) is 3.54. The van der Waals surface area contributed by atoms with Crippen molar-refractivity contribution >= 4 is 17.4 Å². The average Bonchev–Trinajstić information content (AvgIpc) is 3.21. The summed E-state index contributed by atoms with van der Waals surface area (Å²) in [7, 11) is 0. The van der Waals surface area contributed by atoms with Crippen molar-refractivity contribution in [1.29, 1.82) is 0 Å². The van der Waals surface area contributed by atoms with Gasteiger partial charge in [0.2, 0.25) is 0 Å². The Hall–Kier alpha value is -4.46. The number of hydrogen-bond acceptors (Lipinski definition) is 5. The third-order valence-electron chi connectivity index (χ3n) is 5.26. The Morgan fingerprint density at radius 1 is 0.939 bits per heavy atom. The van der Waals surface area contributed by atoms with Crippen LogP contribution in [0.1, 0.15) is 21.6 Å². The van der Waals surface area contributed by atoms with E-state index < -0.39 is 0 Å². The van der Waals surface area contributed by atoms with Crippen molar-refractivity contribution in [2.45, 2.75) is 13.8 Å². The van der Waals surface area contributed by atoms with Gasteiger partial charge in [-0.1, -0.05) is 0 Å². The van der Waals surface area contributed by atoms with E-state index in [1.54, 1.807) is 66.4 Å². The Morgan fingerprint density at radius 2 is 1.79 bits per heavy atom. The van der Waals surface area contributed by atoms with Crippen LogP contribution in [-0.2, 0) is 0 Å². The van der Waals surface area contributed by atoms with E-state index in [1.165, 1.54) is 6.07 Å². The molecule has 0 aliphatic rings. The zero-order valence-electron chi connectivity index (χ0n) is 18.0. The van der Waals surface area contributed by atoms with E-state index in [-0.39, 0.29) is 11.7 Å². The Kier molecular flexibility index (Phi) is 5.10. The molecule has 0 aliphatic heterocycles. The number of amides is 1. The molecule has 0 aliphatic carbocycles. The van der Waals surface area contributed by atoms with E-state index in [1.807, 2.05) is 19.1 Å².